The van der Waals surface area contributed by atoms with Gasteiger partial charge in [-0.2, -0.15) is 0 Å². The number of hydrogen-bond donors (Lipinski definition) is 1. The zero-order chi connectivity index (χ0) is 13.3. The van der Waals surface area contributed by atoms with Crippen LogP contribution >= 0.6 is 27.5 Å². The molecule has 0 heterocycles. The van der Waals surface area contributed by atoms with Gasteiger partial charge in [0.05, 0.1) is 0 Å². The molecule has 1 nitrogen and oxygen atoms in total. The fourth-order valence-electron chi connectivity index (χ4n) is 1.86. The Bertz CT molecular complexity index is 566. The summed E-state index contributed by atoms with van der Waals surface area (Å²) in [6.45, 7) is 1.77. The van der Waals surface area contributed by atoms with Gasteiger partial charge >= 0.3 is 0 Å². The Balaban J connectivity index is 2.44. The fraction of sp³-hybridized carbons (Fsp3) is 0.143. The van der Waals surface area contributed by atoms with Crippen LogP contribution in [-0.2, 0) is 0 Å². The summed E-state index contributed by atoms with van der Waals surface area (Å²) in [5.41, 5.74) is 2.05. The van der Waals surface area contributed by atoms with Crippen LogP contribution in [0.2, 0.25) is 5.02 Å². The molecule has 1 unspecified atom stereocenters. The van der Waals surface area contributed by atoms with Crippen LogP contribution < -0.4 is 0 Å². The van der Waals surface area contributed by atoms with E-state index in [0.717, 1.165) is 4.47 Å². The maximum Gasteiger partial charge on any atom is 0.123 e. The number of benzene rings is 2. The van der Waals surface area contributed by atoms with E-state index < -0.39 is 6.10 Å². The second-order valence-electron chi connectivity index (χ2n) is 4.11. The van der Waals surface area contributed by atoms with E-state index in [1.165, 1.54) is 12.1 Å². The molecule has 0 aliphatic heterocycles. The summed E-state index contributed by atoms with van der Waals surface area (Å²) >= 11 is 9.27. The van der Waals surface area contributed by atoms with Crippen LogP contribution in [0.25, 0.3) is 0 Å². The van der Waals surface area contributed by atoms with Gasteiger partial charge in [-0.25, -0.2) is 4.39 Å². The van der Waals surface area contributed by atoms with Gasteiger partial charge in [-0.3, -0.25) is 0 Å². The number of rotatable bonds is 2. The van der Waals surface area contributed by atoms with Crippen molar-refractivity contribution < 1.29 is 9.50 Å². The van der Waals surface area contributed by atoms with E-state index in [0.29, 0.717) is 21.7 Å². The van der Waals surface area contributed by atoms with Crippen LogP contribution in [0.4, 0.5) is 4.39 Å². The molecule has 1 atom stereocenters. The molecule has 0 radical (unpaired) electrons. The largest absolute Gasteiger partial charge is 0.384 e. The Morgan fingerprint density at radius 1 is 1.22 bits per heavy atom. The molecule has 0 fully saturated rings. The first-order valence-electron chi connectivity index (χ1n) is 5.37. The highest BCUT2D eigenvalue weighted by atomic mass is 79.9. The highest BCUT2D eigenvalue weighted by Crippen LogP contribution is 2.29. The average molecular weight is 330 g/mol. The fourth-order valence-corrected chi connectivity index (χ4v) is 2.74. The SMILES string of the molecule is Cc1cc(F)ccc1C(O)c1cc(Cl)cc(Br)c1. The van der Waals surface area contributed by atoms with Crippen molar-refractivity contribution in [3.63, 3.8) is 0 Å². The standard InChI is InChI=1S/C14H11BrClFO/c1-8-4-12(17)2-3-13(8)14(18)9-5-10(15)7-11(16)6-9/h2-7,14,18H,1H3. The summed E-state index contributed by atoms with van der Waals surface area (Å²) in [4.78, 5) is 0. The minimum Gasteiger partial charge on any atom is -0.384 e. The van der Waals surface area contributed by atoms with Crippen molar-refractivity contribution in [1.29, 1.82) is 0 Å². The van der Waals surface area contributed by atoms with Gasteiger partial charge in [0, 0.05) is 9.50 Å². The van der Waals surface area contributed by atoms with Gasteiger partial charge < -0.3 is 5.11 Å². The normalized spacial score (nSPS) is 12.5. The minimum absolute atomic E-state index is 0.310. The van der Waals surface area contributed by atoms with Crippen molar-refractivity contribution in [1.82, 2.24) is 0 Å². The summed E-state index contributed by atoms with van der Waals surface area (Å²) in [6.07, 6.45) is -0.819. The number of aryl methyl sites for hydroxylation is 1. The third-order valence-corrected chi connectivity index (χ3v) is 3.40. The van der Waals surface area contributed by atoms with Gasteiger partial charge in [-0.1, -0.05) is 33.6 Å². The van der Waals surface area contributed by atoms with Crippen molar-refractivity contribution in [3.05, 3.63) is 68.4 Å². The summed E-state index contributed by atoms with van der Waals surface area (Å²) in [7, 11) is 0. The smallest absolute Gasteiger partial charge is 0.123 e. The molecule has 0 bridgehead atoms. The van der Waals surface area contributed by atoms with Crippen LogP contribution in [0, 0.1) is 12.7 Å². The van der Waals surface area contributed by atoms with Gasteiger partial charge in [-0.15, -0.1) is 0 Å². The van der Waals surface area contributed by atoms with Gasteiger partial charge in [0.1, 0.15) is 11.9 Å². The molecule has 2 rings (SSSR count). The van der Waals surface area contributed by atoms with Gasteiger partial charge in [-0.05, 0) is 53.9 Å². The molecule has 0 aliphatic carbocycles. The van der Waals surface area contributed by atoms with E-state index in [1.807, 2.05) is 0 Å². The highest BCUT2D eigenvalue weighted by Gasteiger charge is 2.14. The molecule has 94 valence electrons. The van der Waals surface area contributed by atoms with Crippen LogP contribution in [0.15, 0.2) is 40.9 Å². The first kappa shape index (κ1) is 13.5. The molecule has 0 saturated heterocycles. The topological polar surface area (TPSA) is 20.2 Å². The third-order valence-electron chi connectivity index (χ3n) is 2.73. The first-order valence-corrected chi connectivity index (χ1v) is 6.54. The Kier molecular flexibility index (Phi) is 4.05. The molecule has 0 spiro atoms. The van der Waals surface area contributed by atoms with Crippen LogP contribution in [0.3, 0.4) is 0 Å². The molecule has 0 saturated carbocycles. The van der Waals surface area contributed by atoms with Crippen LogP contribution in [-0.4, -0.2) is 5.11 Å². The minimum atomic E-state index is -0.819. The highest BCUT2D eigenvalue weighted by molar-refractivity contribution is 9.10. The lowest BCUT2D eigenvalue weighted by Gasteiger charge is -2.15. The molecular formula is C14H11BrClFO. The van der Waals surface area contributed by atoms with Crippen molar-refractivity contribution in [2.24, 2.45) is 0 Å². The van der Waals surface area contributed by atoms with Gasteiger partial charge in [0.25, 0.3) is 0 Å². The summed E-state index contributed by atoms with van der Waals surface area (Å²) in [6, 6.07) is 9.56. The van der Waals surface area contributed by atoms with Crippen molar-refractivity contribution in [3.8, 4) is 0 Å². The number of aliphatic hydroxyl groups is 1. The van der Waals surface area contributed by atoms with E-state index in [4.69, 9.17) is 11.6 Å². The van der Waals surface area contributed by atoms with Gasteiger partial charge in [0.2, 0.25) is 0 Å². The lowest BCUT2D eigenvalue weighted by atomic mass is 9.97. The molecule has 2 aromatic rings. The molecule has 0 amide bonds. The lowest BCUT2D eigenvalue weighted by Crippen LogP contribution is -2.02. The Morgan fingerprint density at radius 2 is 1.94 bits per heavy atom. The zero-order valence-corrected chi connectivity index (χ0v) is 12.0. The van der Waals surface area contributed by atoms with E-state index in [2.05, 4.69) is 15.9 Å². The van der Waals surface area contributed by atoms with E-state index in [1.54, 1.807) is 31.2 Å². The first-order chi connectivity index (χ1) is 8.47. The molecule has 4 heteroatoms. The van der Waals surface area contributed by atoms with Crippen molar-refractivity contribution in [2.75, 3.05) is 0 Å². The second-order valence-corrected chi connectivity index (χ2v) is 5.46. The maximum atomic E-state index is 13.0. The second kappa shape index (κ2) is 5.39. The summed E-state index contributed by atoms with van der Waals surface area (Å²) in [5, 5.41) is 10.9. The zero-order valence-electron chi connectivity index (χ0n) is 9.62. The number of aliphatic hydroxyl groups excluding tert-OH is 1. The maximum absolute atomic E-state index is 13.0. The Hall–Kier alpha value is -0.900. The van der Waals surface area contributed by atoms with E-state index in [9.17, 15) is 9.50 Å². The molecule has 0 aromatic heterocycles. The van der Waals surface area contributed by atoms with Crippen LogP contribution in [0.5, 0.6) is 0 Å². The quantitative estimate of drug-likeness (QED) is 0.851. The lowest BCUT2D eigenvalue weighted by molar-refractivity contribution is 0.219. The molecule has 18 heavy (non-hydrogen) atoms. The predicted molar refractivity (Wildman–Crippen MR) is 74.4 cm³/mol. The van der Waals surface area contributed by atoms with E-state index in [-0.39, 0.29) is 5.82 Å². The molecular weight excluding hydrogens is 319 g/mol. The summed E-state index contributed by atoms with van der Waals surface area (Å²) < 4.78 is 13.8. The molecule has 1 N–H and O–H groups in total. The molecule has 0 aliphatic rings. The Morgan fingerprint density at radius 3 is 2.56 bits per heavy atom. The van der Waals surface area contributed by atoms with E-state index >= 15 is 0 Å². The third kappa shape index (κ3) is 2.91. The molecule has 2 aromatic carbocycles. The average Bonchev–Trinajstić information content (AvgIpc) is 2.26. The number of halogens is 3. The van der Waals surface area contributed by atoms with Crippen molar-refractivity contribution >= 4 is 27.5 Å². The van der Waals surface area contributed by atoms with Gasteiger partial charge in [0.15, 0.2) is 0 Å². The van der Waals surface area contributed by atoms with Crippen LogP contribution in [0.1, 0.15) is 22.8 Å². The predicted octanol–water partition coefficient (Wildman–Crippen LogP) is 4.63. The summed E-state index contributed by atoms with van der Waals surface area (Å²) in [5.74, 6) is -0.310. The monoisotopic (exact) mass is 328 g/mol. The Labute approximate surface area is 118 Å². The van der Waals surface area contributed by atoms with Crippen molar-refractivity contribution in [2.45, 2.75) is 13.0 Å². The number of hydrogen-bond acceptors (Lipinski definition) is 1.